The molecule has 82 valence electrons. The summed E-state index contributed by atoms with van der Waals surface area (Å²) in [7, 11) is 0. The van der Waals surface area contributed by atoms with Crippen molar-refractivity contribution >= 4 is 26.7 Å². The first-order valence-corrected chi connectivity index (χ1v) is 5.82. The maximum absolute atomic E-state index is 5.45. The molecule has 0 heterocycles. The van der Waals surface area contributed by atoms with Gasteiger partial charge in [0.05, 0.1) is 6.04 Å². The van der Waals surface area contributed by atoms with Crippen LogP contribution in [0.25, 0.3) is 10.8 Å². The lowest BCUT2D eigenvalue weighted by Crippen LogP contribution is -2.26. The Hall–Kier alpha value is -1.16. The summed E-state index contributed by atoms with van der Waals surface area (Å²) < 4.78 is 1.09. The van der Waals surface area contributed by atoms with E-state index in [9.17, 15) is 0 Å². The summed E-state index contributed by atoms with van der Waals surface area (Å²) in [6, 6.07) is 12.5. The fourth-order valence-corrected chi connectivity index (χ4v) is 2.11. The molecular formula is C13H13BrN2. The van der Waals surface area contributed by atoms with Gasteiger partial charge in [0.15, 0.2) is 0 Å². The average Bonchev–Trinajstić information content (AvgIpc) is 2.31. The van der Waals surface area contributed by atoms with Crippen molar-refractivity contribution in [1.29, 1.82) is 0 Å². The van der Waals surface area contributed by atoms with Gasteiger partial charge in [-0.25, -0.2) is 5.43 Å². The molecule has 2 nitrogen and oxygen atoms in total. The molecule has 16 heavy (non-hydrogen) atoms. The Bertz CT molecular complexity index is 522. The van der Waals surface area contributed by atoms with E-state index in [0.29, 0.717) is 0 Å². The predicted octanol–water partition coefficient (Wildman–Crippen LogP) is 3.29. The number of rotatable bonds is 3. The van der Waals surface area contributed by atoms with Gasteiger partial charge in [-0.3, -0.25) is 5.84 Å². The SMILES string of the molecule is C=CC(NN)c1ccc2cc(Br)ccc2c1. The summed E-state index contributed by atoms with van der Waals surface area (Å²) in [5, 5.41) is 2.40. The topological polar surface area (TPSA) is 38.0 Å². The van der Waals surface area contributed by atoms with E-state index in [1.165, 1.54) is 10.8 Å². The highest BCUT2D eigenvalue weighted by Crippen LogP contribution is 2.23. The second-order valence-electron chi connectivity index (χ2n) is 3.63. The minimum atomic E-state index is -0.00644. The molecule has 0 fully saturated rings. The monoisotopic (exact) mass is 276 g/mol. The van der Waals surface area contributed by atoms with Crippen LogP contribution in [0.4, 0.5) is 0 Å². The Labute approximate surface area is 103 Å². The molecule has 0 amide bonds. The lowest BCUT2D eigenvalue weighted by Gasteiger charge is -2.12. The number of hydrogen-bond acceptors (Lipinski definition) is 2. The number of nitrogens with two attached hydrogens (primary N) is 1. The molecular weight excluding hydrogens is 264 g/mol. The second-order valence-corrected chi connectivity index (χ2v) is 4.55. The van der Waals surface area contributed by atoms with Gasteiger partial charge in [-0.05, 0) is 34.5 Å². The van der Waals surface area contributed by atoms with Crippen molar-refractivity contribution in [3.63, 3.8) is 0 Å². The molecule has 0 aliphatic rings. The Kier molecular flexibility index (Phi) is 3.39. The molecule has 1 unspecified atom stereocenters. The quantitative estimate of drug-likeness (QED) is 0.513. The lowest BCUT2D eigenvalue weighted by molar-refractivity contribution is 0.657. The van der Waals surface area contributed by atoms with Gasteiger partial charge < -0.3 is 0 Å². The third-order valence-corrected chi connectivity index (χ3v) is 3.09. The molecule has 0 spiro atoms. The van der Waals surface area contributed by atoms with Gasteiger partial charge in [0.2, 0.25) is 0 Å². The van der Waals surface area contributed by atoms with E-state index in [0.717, 1.165) is 10.0 Å². The molecule has 0 aromatic heterocycles. The zero-order valence-corrected chi connectivity index (χ0v) is 10.4. The minimum absolute atomic E-state index is 0.00644. The van der Waals surface area contributed by atoms with Gasteiger partial charge in [-0.1, -0.05) is 40.2 Å². The van der Waals surface area contributed by atoms with E-state index < -0.39 is 0 Å². The second kappa shape index (κ2) is 4.78. The van der Waals surface area contributed by atoms with E-state index >= 15 is 0 Å². The predicted molar refractivity (Wildman–Crippen MR) is 71.9 cm³/mol. The summed E-state index contributed by atoms with van der Waals surface area (Å²) in [4.78, 5) is 0. The van der Waals surface area contributed by atoms with Gasteiger partial charge in [0.25, 0.3) is 0 Å². The first-order chi connectivity index (χ1) is 7.74. The molecule has 3 N–H and O–H groups in total. The summed E-state index contributed by atoms with van der Waals surface area (Å²) >= 11 is 3.46. The zero-order chi connectivity index (χ0) is 11.5. The highest BCUT2D eigenvalue weighted by Gasteiger charge is 2.05. The van der Waals surface area contributed by atoms with Gasteiger partial charge in [-0.15, -0.1) is 6.58 Å². The van der Waals surface area contributed by atoms with Crippen LogP contribution in [0.5, 0.6) is 0 Å². The van der Waals surface area contributed by atoms with Crippen LogP contribution in [0.15, 0.2) is 53.5 Å². The summed E-state index contributed by atoms with van der Waals surface area (Å²) in [5.74, 6) is 5.45. The molecule has 0 saturated heterocycles. The number of nitrogens with one attached hydrogen (secondary N) is 1. The number of hydrogen-bond donors (Lipinski definition) is 2. The largest absolute Gasteiger partial charge is 0.271 e. The Balaban J connectivity index is 2.51. The maximum atomic E-state index is 5.45. The smallest absolute Gasteiger partial charge is 0.0638 e. The van der Waals surface area contributed by atoms with Crippen molar-refractivity contribution < 1.29 is 0 Å². The summed E-state index contributed by atoms with van der Waals surface area (Å²) in [6.07, 6.45) is 1.79. The number of halogens is 1. The minimum Gasteiger partial charge on any atom is -0.271 e. The molecule has 0 saturated carbocycles. The molecule has 2 aromatic rings. The van der Waals surface area contributed by atoms with Gasteiger partial charge in [0, 0.05) is 4.47 Å². The van der Waals surface area contributed by atoms with Gasteiger partial charge in [-0.2, -0.15) is 0 Å². The first-order valence-electron chi connectivity index (χ1n) is 5.02. The molecule has 0 aliphatic carbocycles. The Morgan fingerprint density at radius 3 is 2.56 bits per heavy atom. The normalized spacial score (nSPS) is 12.6. The highest BCUT2D eigenvalue weighted by molar-refractivity contribution is 9.10. The average molecular weight is 277 g/mol. The van der Waals surface area contributed by atoms with E-state index in [4.69, 9.17) is 5.84 Å². The first kappa shape index (κ1) is 11.3. The van der Waals surface area contributed by atoms with Gasteiger partial charge >= 0.3 is 0 Å². The van der Waals surface area contributed by atoms with Crippen LogP contribution >= 0.6 is 15.9 Å². The van der Waals surface area contributed by atoms with Crippen LogP contribution in [0, 0.1) is 0 Å². The standard InChI is InChI=1S/C13H13BrN2/c1-2-13(16-15)11-4-3-10-8-12(14)6-5-9(10)7-11/h2-8,13,16H,1,15H2. The van der Waals surface area contributed by atoms with Crippen LogP contribution in [-0.4, -0.2) is 0 Å². The zero-order valence-electron chi connectivity index (χ0n) is 8.78. The van der Waals surface area contributed by atoms with Crippen molar-refractivity contribution in [2.24, 2.45) is 5.84 Å². The molecule has 0 radical (unpaired) electrons. The summed E-state index contributed by atoms with van der Waals surface area (Å²) in [6.45, 7) is 3.75. The van der Waals surface area contributed by atoms with Crippen molar-refractivity contribution in [1.82, 2.24) is 5.43 Å². The molecule has 0 bridgehead atoms. The van der Waals surface area contributed by atoms with Crippen LogP contribution in [0.1, 0.15) is 11.6 Å². The Morgan fingerprint density at radius 2 is 1.88 bits per heavy atom. The van der Waals surface area contributed by atoms with Crippen molar-refractivity contribution in [2.75, 3.05) is 0 Å². The van der Waals surface area contributed by atoms with E-state index in [2.05, 4.69) is 58.3 Å². The third-order valence-electron chi connectivity index (χ3n) is 2.60. The van der Waals surface area contributed by atoms with E-state index in [-0.39, 0.29) is 6.04 Å². The Morgan fingerprint density at radius 1 is 1.19 bits per heavy atom. The van der Waals surface area contributed by atoms with Crippen LogP contribution in [-0.2, 0) is 0 Å². The van der Waals surface area contributed by atoms with Crippen LogP contribution in [0.2, 0.25) is 0 Å². The fraction of sp³-hybridized carbons (Fsp3) is 0.0769. The molecule has 1 atom stereocenters. The van der Waals surface area contributed by atoms with Crippen molar-refractivity contribution in [3.8, 4) is 0 Å². The fourth-order valence-electron chi connectivity index (χ4n) is 1.73. The third kappa shape index (κ3) is 2.16. The van der Waals surface area contributed by atoms with Crippen molar-refractivity contribution in [3.05, 3.63) is 59.1 Å². The van der Waals surface area contributed by atoms with E-state index in [1.54, 1.807) is 6.08 Å². The molecule has 0 aliphatic heterocycles. The highest BCUT2D eigenvalue weighted by atomic mass is 79.9. The number of hydrazine groups is 1. The maximum Gasteiger partial charge on any atom is 0.0638 e. The molecule has 2 aromatic carbocycles. The number of fused-ring (bicyclic) bond motifs is 1. The van der Waals surface area contributed by atoms with Crippen LogP contribution in [0.3, 0.4) is 0 Å². The lowest BCUT2D eigenvalue weighted by atomic mass is 10.0. The number of benzene rings is 2. The summed E-state index contributed by atoms with van der Waals surface area (Å²) in [5.41, 5.74) is 3.83. The van der Waals surface area contributed by atoms with E-state index in [1.807, 2.05) is 6.07 Å². The van der Waals surface area contributed by atoms with Crippen LogP contribution < -0.4 is 11.3 Å². The van der Waals surface area contributed by atoms with Crippen molar-refractivity contribution in [2.45, 2.75) is 6.04 Å². The van der Waals surface area contributed by atoms with Gasteiger partial charge in [0.1, 0.15) is 0 Å². The molecule has 2 rings (SSSR count). The molecule has 3 heteroatoms.